The molecule has 1 aromatic rings. The van der Waals surface area contributed by atoms with Gasteiger partial charge in [-0.2, -0.15) is 13.2 Å². The van der Waals surface area contributed by atoms with Crippen LogP contribution >= 0.6 is 0 Å². The van der Waals surface area contributed by atoms with Crippen LogP contribution in [0.1, 0.15) is 26.5 Å². The molecule has 20 heavy (non-hydrogen) atoms. The summed E-state index contributed by atoms with van der Waals surface area (Å²) in [7, 11) is 0. The number of rotatable bonds is 4. The highest BCUT2D eigenvalue weighted by Crippen LogP contribution is 2.17. The Morgan fingerprint density at radius 2 is 1.95 bits per heavy atom. The lowest BCUT2D eigenvalue weighted by Crippen LogP contribution is -2.25. The third kappa shape index (κ3) is 6.20. The number of ether oxygens (including phenoxy) is 1. The first-order valence-corrected chi connectivity index (χ1v) is 6.66. The van der Waals surface area contributed by atoms with Gasteiger partial charge < -0.3 is 9.29 Å². The topological polar surface area (TPSA) is 70.4 Å². The van der Waals surface area contributed by atoms with Gasteiger partial charge in [0.1, 0.15) is 28.0 Å². The van der Waals surface area contributed by atoms with Gasteiger partial charge in [-0.05, 0) is 20.8 Å². The quantitative estimate of drug-likeness (QED) is 0.632. The van der Waals surface area contributed by atoms with E-state index in [2.05, 4.69) is 19.1 Å². The molecule has 0 saturated carbocycles. The summed E-state index contributed by atoms with van der Waals surface area (Å²) in [5, 5.41) is 0. The highest BCUT2D eigenvalue weighted by Gasteiger charge is 2.28. The van der Waals surface area contributed by atoms with E-state index in [9.17, 15) is 17.7 Å². The molecule has 0 aromatic carbocycles. The first-order chi connectivity index (χ1) is 9.08. The van der Waals surface area contributed by atoms with Gasteiger partial charge in [0.2, 0.25) is 5.88 Å². The average Bonchev–Trinajstić information content (AvgIpc) is 2.32. The number of aromatic nitrogens is 2. The second kappa shape index (κ2) is 6.40. The van der Waals surface area contributed by atoms with Crippen LogP contribution in [0.15, 0.2) is 16.8 Å². The highest BCUT2D eigenvalue weighted by molar-refractivity contribution is 7.91. The molecule has 5 nitrogen and oxygen atoms in total. The minimum absolute atomic E-state index is 0.239. The molecule has 0 saturated heterocycles. The van der Waals surface area contributed by atoms with E-state index in [1.165, 1.54) is 12.4 Å². The molecule has 0 fully saturated rings. The Morgan fingerprint density at radius 3 is 2.40 bits per heavy atom. The molecular weight excluding hydrogens is 295 g/mol. The summed E-state index contributed by atoms with van der Waals surface area (Å²) in [6.07, 6.45) is -0.935. The monoisotopic (exact) mass is 309 g/mol. The zero-order chi connectivity index (χ0) is 15.4. The normalized spacial score (nSPS) is 14.6. The van der Waals surface area contributed by atoms with Gasteiger partial charge in [-0.3, -0.25) is 0 Å². The van der Waals surface area contributed by atoms with Crippen LogP contribution in [0.2, 0.25) is 0 Å². The lowest BCUT2D eigenvalue weighted by molar-refractivity contribution is -0.154. The Bertz CT molecular complexity index is 457. The highest BCUT2D eigenvalue weighted by atomic mass is 32.2. The van der Waals surface area contributed by atoms with E-state index in [0.29, 0.717) is 0 Å². The molecule has 112 valence electrons. The van der Waals surface area contributed by atoms with E-state index < -0.39 is 28.9 Å². The van der Waals surface area contributed by atoms with Crippen molar-refractivity contribution in [1.82, 2.24) is 9.97 Å². The van der Waals surface area contributed by atoms with Gasteiger partial charge in [-0.1, -0.05) is 4.40 Å². The number of hydrogen-bond donors (Lipinski definition) is 0. The Labute approximate surface area is 117 Å². The van der Waals surface area contributed by atoms with Crippen molar-refractivity contribution in [2.75, 3.05) is 6.61 Å². The molecule has 0 radical (unpaired) electrons. The number of alkyl halides is 3. The maximum Gasteiger partial charge on any atom is 0.422 e. The molecule has 1 aromatic heterocycles. The first kappa shape index (κ1) is 16.7. The maximum atomic E-state index is 11.9. The Balaban J connectivity index is 2.61. The second-order valence-electron chi connectivity index (χ2n) is 4.78. The molecule has 0 spiro atoms. The SMILES string of the molecule is CC(C)(C)[S+]([O-])/N=C/c1cnc(OCC(F)(F)F)cn1. The van der Waals surface area contributed by atoms with Crippen molar-refractivity contribution in [3.8, 4) is 5.88 Å². The molecule has 0 bridgehead atoms. The summed E-state index contributed by atoms with van der Waals surface area (Å²) in [5.41, 5.74) is 0.280. The van der Waals surface area contributed by atoms with Gasteiger partial charge >= 0.3 is 6.18 Å². The average molecular weight is 309 g/mol. The zero-order valence-electron chi connectivity index (χ0n) is 11.1. The van der Waals surface area contributed by atoms with Crippen molar-refractivity contribution in [3.63, 3.8) is 0 Å². The van der Waals surface area contributed by atoms with Crippen LogP contribution in [0.3, 0.4) is 0 Å². The van der Waals surface area contributed by atoms with E-state index in [1.807, 2.05) is 0 Å². The zero-order valence-corrected chi connectivity index (χ0v) is 12.0. The number of hydrogen-bond acceptors (Lipinski definition) is 5. The minimum Gasteiger partial charge on any atom is -0.591 e. The van der Waals surface area contributed by atoms with Crippen molar-refractivity contribution < 1.29 is 22.5 Å². The molecule has 0 aliphatic rings. The van der Waals surface area contributed by atoms with Crippen molar-refractivity contribution in [1.29, 1.82) is 0 Å². The fourth-order valence-electron chi connectivity index (χ4n) is 0.883. The van der Waals surface area contributed by atoms with Gasteiger partial charge in [0.25, 0.3) is 0 Å². The molecular formula is C11H14F3N3O2S. The molecule has 0 aliphatic carbocycles. The largest absolute Gasteiger partial charge is 0.591 e. The predicted molar refractivity (Wildman–Crippen MR) is 69.1 cm³/mol. The van der Waals surface area contributed by atoms with Gasteiger partial charge in [-0.25, -0.2) is 9.97 Å². The molecule has 0 aliphatic heterocycles. The molecule has 1 rings (SSSR count). The Morgan fingerprint density at radius 1 is 1.30 bits per heavy atom. The van der Waals surface area contributed by atoms with Crippen molar-refractivity contribution >= 4 is 17.6 Å². The maximum absolute atomic E-state index is 11.9. The summed E-state index contributed by atoms with van der Waals surface area (Å²) in [6, 6.07) is 0. The lowest BCUT2D eigenvalue weighted by Gasteiger charge is -2.17. The van der Waals surface area contributed by atoms with Crippen LogP contribution in [-0.4, -0.2) is 38.3 Å². The smallest absolute Gasteiger partial charge is 0.422 e. The van der Waals surface area contributed by atoms with Gasteiger partial charge in [-0.15, -0.1) is 0 Å². The van der Waals surface area contributed by atoms with Crippen LogP contribution in [0, 0.1) is 0 Å². The molecule has 9 heteroatoms. The predicted octanol–water partition coefficient (Wildman–Crippen LogP) is 2.30. The molecule has 0 amide bonds. The van der Waals surface area contributed by atoms with Crippen molar-refractivity contribution in [2.45, 2.75) is 31.7 Å². The van der Waals surface area contributed by atoms with Crippen LogP contribution in [0.4, 0.5) is 13.2 Å². The first-order valence-electron chi connectivity index (χ1n) is 5.55. The van der Waals surface area contributed by atoms with E-state index in [0.717, 1.165) is 6.20 Å². The molecule has 0 N–H and O–H groups in total. The third-order valence-electron chi connectivity index (χ3n) is 1.84. The van der Waals surface area contributed by atoms with Gasteiger partial charge in [0, 0.05) is 0 Å². The van der Waals surface area contributed by atoms with Crippen LogP contribution < -0.4 is 4.74 Å². The van der Waals surface area contributed by atoms with E-state index in [-0.39, 0.29) is 11.6 Å². The second-order valence-corrected chi connectivity index (χ2v) is 6.71. The van der Waals surface area contributed by atoms with Gasteiger partial charge in [0.05, 0.1) is 12.4 Å². The number of nitrogens with zero attached hydrogens (tertiary/aromatic N) is 3. The molecule has 1 unspecified atom stereocenters. The van der Waals surface area contributed by atoms with Gasteiger partial charge in [0.15, 0.2) is 6.61 Å². The van der Waals surface area contributed by atoms with Crippen LogP contribution in [0.25, 0.3) is 0 Å². The van der Waals surface area contributed by atoms with Crippen LogP contribution in [0.5, 0.6) is 5.88 Å². The summed E-state index contributed by atoms with van der Waals surface area (Å²) >= 11 is -1.44. The molecule has 1 atom stereocenters. The lowest BCUT2D eigenvalue weighted by atomic mass is 10.3. The Kier molecular flexibility index (Phi) is 5.35. The number of halogens is 3. The summed E-state index contributed by atoms with van der Waals surface area (Å²) in [6.45, 7) is 3.86. The summed E-state index contributed by atoms with van der Waals surface area (Å²) < 4.78 is 55.1. The fourth-order valence-corrected chi connectivity index (χ4v) is 1.40. The van der Waals surface area contributed by atoms with E-state index in [1.54, 1.807) is 20.8 Å². The van der Waals surface area contributed by atoms with Crippen molar-refractivity contribution in [3.05, 3.63) is 18.1 Å². The third-order valence-corrected chi connectivity index (χ3v) is 3.18. The fraction of sp³-hybridized carbons (Fsp3) is 0.545. The van der Waals surface area contributed by atoms with Crippen molar-refractivity contribution in [2.24, 2.45) is 4.40 Å². The Hall–Kier alpha value is -1.35. The van der Waals surface area contributed by atoms with E-state index >= 15 is 0 Å². The summed E-state index contributed by atoms with van der Waals surface area (Å²) in [4.78, 5) is 7.44. The molecule has 1 heterocycles. The minimum atomic E-state index is -4.43. The van der Waals surface area contributed by atoms with Crippen LogP contribution in [-0.2, 0) is 11.4 Å². The van der Waals surface area contributed by atoms with E-state index in [4.69, 9.17) is 0 Å². The summed E-state index contributed by atoms with van der Waals surface area (Å²) in [5.74, 6) is -0.239. The standard InChI is InChI=1S/C11H14F3N3O2S/c1-10(2,3)20(18)17-5-8-4-16-9(6-15-8)19-7-11(12,13)14/h4-6H,7H2,1-3H3/b17-5+.